The van der Waals surface area contributed by atoms with Crippen molar-refractivity contribution in [3.05, 3.63) is 122 Å². The van der Waals surface area contributed by atoms with Gasteiger partial charge < -0.3 is 28.8 Å². The molecule has 0 saturated carbocycles. The number of aliphatic hydroxyl groups is 1. The fourth-order valence-electron chi connectivity index (χ4n) is 9.05. The maximum absolute atomic E-state index is 13.0. The van der Waals surface area contributed by atoms with Gasteiger partial charge in [-0.25, -0.2) is 0 Å². The normalized spacial score (nSPS) is 14.5. The van der Waals surface area contributed by atoms with E-state index in [1.54, 1.807) is 6.08 Å². The molecule has 0 saturated heterocycles. The summed E-state index contributed by atoms with van der Waals surface area (Å²) in [6.07, 6.45) is 90.2. The number of amides is 1. The summed E-state index contributed by atoms with van der Waals surface area (Å²) in [6.45, 7) is 4.51. The first kappa shape index (κ1) is 76.9. The second-order valence-corrected chi connectivity index (χ2v) is 24.5. The highest BCUT2D eigenvalue weighted by atomic mass is 31.2. The third-order valence-corrected chi connectivity index (χ3v) is 15.1. The summed E-state index contributed by atoms with van der Waals surface area (Å²) in [5, 5.41) is 13.9. The average molecular weight is 1130 g/mol. The molecule has 3 atom stereocenters. The van der Waals surface area contributed by atoms with Crippen molar-refractivity contribution in [3.63, 3.8) is 0 Å². The molecular formula is C71H125N2O6P. The molecule has 3 unspecified atom stereocenters. The molecule has 0 aromatic rings. The summed E-state index contributed by atoms with van der Waals surface area (Å²) in [7, 11) is 1.22. The van der Waals surface area contributed by atoms with Crippen molar-refractivity contribution >= 4 is 13.7 Å². The quantitative estimate of drug-likeness (QED) is 0.0272. The smallest absolute Gasteiger partial charge is 0.268 e. The van der Waals surface area contributed by atoms with Crippen LogP contribution in [0, 0.1) is 0 Å². The van der Waals surface area contributed by atoms with Gasteiger partial charge in [-0.1, -0.05) is 283 Å². The maximum atomic E-state index is 13.0. The Hall–Kier alpha value is -3.10. The Morgan fingerprint density at radius 2 is 0.775 bits per heavy atom. The van der Waals surface area contributed by atoms with Crippen molar-refractivity contribution in [2.75, 3.05) is 40.9 Å². The van der Waals surface area contributed by atoms with Gasteiger partial charge in [0, 0.05) is 6.42 Å². The topological polar surface area (TPSA) is 108 Å². The van der Waals surface area contributed by atoms with E-state index in [9.17, 15) is 19.4 Å². The van der Waals surface area contributed by atoms with Crippen LogP contribution >= 0.6 is 7.82 Å². The number of phosphoric ester groups is 1. The van der Waals surface area contributed by atoms with Crippen molar-refractivity contribution < 1.29 is 32.9 Å². The highest BCUT2D eigenvalue weighted by Crippen LogP contribution is 2.38. The zero-order valence-corrected chi connectivity index (χ0v) is 53.4. The molecule has 0 rings (SSSR count). The summed E-state index contributed by atoms with van der Waals surface area (Å²) >= 11 is 0. The molecule has 8 nitrogen and oxygen atoms in total. The molecular weight excluding hydrogens is 1010 g/mol. The Bertz CT molecular complexity index is 1720. The third kappa shape index (κ3) is 62.5. The molecule has 0 aliphatic heterocycles. The summed E-state index contributed by atoms with van der Waals surface area (Å²) < 4.78 is 23.4. The minimum atomic E-state index is -4.62. The molecule has 1 amide bonds. The van der Waals surface area contributed by atoms with Gasteiger partial charge in [0.25, 0.3) is 7.82 Å². The van der Waals surface area contributed by atoms with E-state index in [2.05, 4.69) is 129 Å². The largest absolute Gasteiger partial charge is 0.756 e. The number of likely N-dealkylation sites (N-methyl/N-ethyl adjacent to an activating group) is 1. The van der Waals surface area contributed by atoms with Crippen molar-refractivity contribution in [1.29, 1.82) is 0 Å². The molecule has 0 fully saturated rings. The summed E-state index contributed by atoms with van der Waals surface area (Å²) in [5.74, 6) is -0.221. The van der Waals surface area contributed by atoms with Crippen molar-refractivity contribution in [1.82, 2.24) is 5.32 Å². The molecule has 80 heavy (non-hydrogen) atoms. The minimum absolute atomic E-state index is 0.0163. The van der Waals surface area contributed by atoms with Crippen LogP contribution in [0.3, 0.4) is 0 Å². The predicted octanol–water partition coefficient (Wildman–Crippen LogP) is 20.2. The third-order valence-electron chi connectivity index (χ3n) is 14.1. The first-order valence-corrected chi connectivity index (χ1v) is 34.4. The molecule has 0 radical (unpaired) electrons. The van der Waals surface area contributed by atoms with Gasteiger partial charge in [0.05, 0.1) is 39.9 Å². The van der Waals surface area contributed by atoms with Crippen LogP contribution in [0.2, 0.25) is 0 Å². The van der Waals surface area contributed by atoms with Gasteiger partial charge in [0.1, 0.15) is 13.2 Å². The molecule has 2 N–H and O–H groups in total. The second-order valence-electron chi connectivity index (χ2n) is 23.1. The van der Waals surface area contributed by atoms with Gasteiger partial charge in [-0.15, -0.1) is 0 Å². The molecule has 0 aromatic carbocycles. The Kier molecular flexibility index (Phi) is 58.1. The van der Waals surface area contributed by atoms with E-state index in [4.69, 9.17) is 9.05 Å². The lowest BCUT2D eigenvalue weighted by Crippen LogP contribution is -2.45. The number of unbranched alkanes of at least 4 members (excludes halogenated alkanes) is 28. The number of carbonyl (C=O) groups is 1. The van der Waals surface area contributed by atoms with Crippen molar-refractivity contribution in [3.8, 4) is 0 Å². The van der Waals surface area contributed by atoms with Gasteiger partial charge in [0.15, 0.2) is 0 Å². The first-order chi connectivity index (χ1) is 39.0. The molecule has 0 aliphatic rings. The summed E-state index contributed by atoms with van der Waals surface area (Å²) in [5.41, 5.74) is 0. The number of nitrogens with one attached hydrogen (secondary N) is 1. The van der Waals surface area contributed by atoms with E-state index in [1.807, 2.05) is 27.2 Å². The number of allylic oxidation sites excluding steroid dienone is 19. The predicted molar refractivity (Wildman–Crippen MR) is 348 cm³/mol. The highest BCUT2D eigenvalue weighted by molar-refractivity contribution is 7.45. The fourth-order valence-corrected chi connectivity index (χ4v) is 9.77. The standard InChI is InChI=1S/C71H125N2O6P/c1-6-8-10-12-14-16-18-20-22-24-26-28-30-32-34-35-36-37-39-41-43-45-47-49-51-53-55-57-59-61-63-65-71(75)72-69(68-79-80(76,77)78-67-66-73(3,4)5)70(74)64-62-60-58-56-54-52-50-48-46-44-42-40-38-33-31-29-27-25-23-21-19-17-15-13-11-9-7-2/h8,10,14,16,20,22,26,28,32,34,36-37,41,43,46,48,54,56,62,64,69-70,74H,6-7,9,11-13,15,17-19,21,23-25,27,29-31,33,35,38-40,42,44-45,47,49-53,55,57-61,63,65-68H2,1-5H3,(H-,72,75,76,77)/b10-8-,16-14-,22-20-,28-26-,34-32-,37-36-,43-41-,48-46+,56-54+,64-62+. The van der Waals surface area contributed by atoms with E-state index >= 15 is 0 Å². The zero-order valence-electron chi connectivity index (χ0n) is 52.5. The number of phosphoric acid groups is 1. The van der Waals surface area contributed by atoms with Gasteiger partial charge in [0.2, 0.25) is 5.91 Å². The van der Waals surface area contributed by atoms with E-state index < -0.39 is 26.6 Å². The van der Waals surface area contributed by atoms with Gasteiger partial charge in [-0.3, -0.25) is 9.36 Å². The summed E-state index contributed by atoms with van der Waals surface area (Å²) in [4.78, 5) is 25.6. The van der Waals surface area contributed by atoms with Gasteiger partial charge >= 0.3 is 0 Å². The molecule has 9 heteroatoms. The fraction of sp³-hybridized carbons (Fsp3) is 0.704. The molecule has 0 heterocycles. The van der Waals surface area contributed by atoms with E-state index in [0.717, 1.165) is 103 Å². The zero-order chi connectivity index (χ0) is 58.4. The van der Waals surface area contributed by atoms with E-state index in [1.165, 1.54) is 148 Å². The highest BCUT2D eigenvalue weighted by Gasteiger charge is 2.23. The van der Waals surface area contributed by atoms with Crippen LogP contribution in [0.15, 0.2) is 122 Å². The monoisotopic (exact) mass is 1130 g/mol. The molecule has 0 aliphatic carbocycles. The van der Waals surface area contributed by atoms with Crippen molar-refractivity contribution in [2.45, 2.75) is 283 Å². The second kappa shape index (κ2) is 60.5. The molecule has 0 aromatic heterocycles. The van der Waals surface area contributed by atoms with Crippen LogP contribution in [0.25, 0.3) is 0 Å². The molecule has 0 bridgehead atoms. The molecule has 460 valence electrons. The SMILES string of the molecule is CC/C=C\C/C=C\C/C=C\C/C=C\C/C=C\C/C=C\C/C=C\CCCCCCCCCCCC(=O)NC(COP(=O)([O-])OCC[N+](C)(C)C)C(O)/C=C/CC/C=C/CC/C=C/CCCCCCCCCCCCCCCCCCC. The van der Waals surface area contributed by atoms with Crippen LogP contribution in [-0.2, 0) is 18.4 Å². The lowest BCUT2D eigenvalue weighted by atomic mass is 10.0. The van der Waals surface area contributed by atoms with Crippen LogP contribution < -0.4 is 10.2 Å². The van der Waals surface area contributed by atoms with E-state index in [-0.39, 0.29) is 12.5 Å². The maximum Gasteiger partial charge on any atom is 0.268 e. The lowest BCUT2D eigenvalue weighted by molar-refractivity contribution is -0.870. The Morgan fingerprint density at radius 3 is 1.16 bits per heavy atom. The number of quaternary nitrogens is 1. The number of hydrogen-bond donors (Lipinski definition) is 2. The number of hydrogen-bond acceptors (Lipinski definition) is 6. The number of carbonyl (C=O) groups excluding carboxylic acids is 1. The van der Waals surface area contributed by atoms with E-state index in [0.29, 0.717) is 17.4 Å². The van der Waals surface area contributed by atoms with Gasteiger partial charge in [-0.05, 0) is 103 Å². The van der Waals surface area contributed by atoms with Crippen LogP contribution in [0.1, 0.15) is 271 Å². The van der Waals surface area contributed by atoms with Gasteiger partial charge in [-0.2, -0.15) is 0 Å². The van der Waals surface area contributed by atoms with Crippen molar-refractivity contribution in [2.24, 2.45) is 0 Å². The average Bonchev–Trinajstić information content (AvgIpc) is 3.42. The lowest BCUT2D eigenvalue weighted by Gasteiger charge is -2.29. The number of rotatable bonds is 59. The Balaban J connectivity index is 4.24. The first-order valence-electron chi connectivity index (χ1n) is 32.9. The number of aliphatic hydroxyl groups excluding tert-OH is 1. The van der Waals surface area contributed by atoms with Crippen LogP contribution in [-0.4, -0.2) is 68.5 Å². The Labute approximate surface area is 494 Å². The summed E-state index contributed by atoms with van der Waals surface area (Å²) in [6, 6.07) is -0.924. The number of nitrogens with zero attached hydrogens (tertiary/aromatic N) is 1. The minimum Gasteiger partial charge on any atom is -0.756 e. The Morgan fingerprint density at radius 1 is 0.450 bits per heavy atom. The van der Waals surface area contributed by atoms with Crippen LogP contribution in [0.5, 0.6) is 0 Å². The van der Waals surface area contributed by atoms with Crippen LogP contribution in [0.4, 0.5) is 0 Å². The molecule has 0 spiro atoms.